The highest BCUT2D eigenvalue weighted by Gasteiger charge is 2.04. The van der Waals surface area contributed by atoms with Gasteiger partial charge >= 0.3 is 0 Å². The zero-order valence-electron chi connectivity index (χ0n) is 9.06. The van der Waals surface area contributed by atoms with Crippen LogP contribution in [0, 0.1) is 17.1 Å². The molecule has 0 amide bonds. The maximum Gasteiger partial charge on any atom is 0.166 e. The molecule has 0 aliphatic carbocycles. The fourth-order valence-corrected chi connectivity index (χ4v) is 1.42. The summed E-state index contributed by atoms with van der Waals surface area (Å²) in [6.45, 7) is 0.309. The van der Waals surface area contributed by atoms with Gasteiger partial charge in [0, 0.05) is 0 Å². The van der Waals surface area contributed by atoms with Crippen LogP contribution in [0.25, 0.3) is 0 Å². The van der Waals surface area contributed by atoms with Gasteiger partial charge in [-0.25, -0.2) is 4.39 Å². The average Bonchev–Trinajstić information content (AvgIpc) is 2.38. The van der Waals surface area contributed by atoms with E-state index in [1.165, 1.54) is 18.2 Å². The van der Waals surface area contributed by atoms with Crippen LogP contribution in [-0.4, -0.2) is 0 Å². The minimum atomic E-state index is -0.514. The Morgan fingerprint density at radius 3 is 2.53 bits per heavy atom. The predicted molar refractivity (Wildman–Crippen MR) is 61.9 cm³/mol. The molecule has 2 nitrogen and oxygen atoms in total. The molecule has 0 radical (unpaired) electrons. The second kappa shape index (κ2) is 5.13. The molecular formula is C14H10FNO. The molecule has 0 fully saturated rings. The zero-order chi connectivity index (χ0) is 12.1. The van der Waals surface area contributed by atoms with Gasteiger partial charge in [0.25, 0.3) is 0 Å². The molecule has 2 rings (SSSR count). The van der Waals surface area contributed by atoms with Gasteiger partial charge in [0.05, 0.1) is 11.6 Å². The number of halogens is 1. The third kappa shape index (κ3) is 2.82. The monoisotopic (exact) mass is 227 g/mol. The molecule has 0 spiro atoms. The van der Waals surface area contributed by atoms with Crippen LogP contribution in [0.4, 0.5) is 4.39 Å². The Morgan fingerprint density at radius 2 is 1.88 bits per heavy atom. The zero-order valence-corrected chi connectivity index (χ0v) is 9.06. The predicted octanol–water partition coefficient (Wildman–Crippen LogP) is 3.28. The summed E-state index contributed by atoms with van der Waals surface area (Å²) in [5.41, 5.74) is 1.26. The third-order valence-electron chi connectivity index (χ3n) is 2.30. The molecule has 0 aliphatic heterocycles. The van der Waals surface area contributed by atoms with Crippen molar-refractivity contribution in [1.29, 1.82) is 5.26 Å². The molecule has 84 valence electrons. The van der Waals surface area contributed by atoms with Crippen LogP contribution >= 0.6 is 0 Å². The van der Waals surface area contributed by atoms with E-state index < -0.39 is 5.82 Å². The summed E-state index contributed by atoms with van der Waals surface area (Å²) in [5, 5.41) is 8.60. The number of nitriles is 1. The first-order valence-electron chi connectivity index (χ1n) is 5.16. The van der Waals surface area contributed by atoms with Gasteiger partial charge in [-0.2, -0.15) is 5.26 Å². The van der Waals surface area contributed by atoms with Crippen LogP contribution in [0.5, 0.6) is 5.75 Å². The molecule has 0 heterocycles. The number of hydrogen-bond donors (Lipinski definition) is 0. The third-order valence-corrected chi connectivity index (χ3v) is 2.30. The normalized spacial score (nSPS) is 9.65. The Balaban J connectivity index is 2.08. The van der Waals surface area contributed by atoms with E-state index in [-0.39, 0.29) is 11.3 Å². The molecule has 0 atom stereocenters. The maximum atomic E-state index is 13.5. The Bertz CT molecular complexity index is 546. The first-order chi connectivity index (χ1) is 8.29. The van der Waals surface area contributed by atoms with Crippen LogP contribution in [0.1, 0.15) is 11.1 Å². The summed E-state index contributed by atoms with van der Waals surface area (Å²) in [6, 6.07) is 15.6. The van der Waals surface area contributed by atoms with E-state index in [0.29, 0.717) is 6.61 Å². The van der Waals surface area contributed by atoms with Gasteiger partial charge in [0.15, 0.2) is 11.6 Å². The summed E-state index contributed by atoms with van der Waals surface area (Å²) in [6.07, 6.45) is 0. The first-order valence-corrected chi connectivity index (χ1v) is 5.16. The lowest BCUT2D eigenvalue weighted by molar-refractivity contribution is 0.290. The summed E-state index contributed by atoms with van der Waals surface area (Å²) in [7, 11) is 0. The summed E-state index contributed by atoms with van der Waals surface area (Å²) < 4.78 is 18.8. The Hall–Kier alpha value is -2.34. The number of rotatable bonds is 3. The standard InChI is InChI=1S/C14H10FNO/c15-13-8-12(9-16)6-7-14(13)17-10-11-4-2-1-3-5-11/h1-8H,10H2. The molecule has 17 heavy (non-hydrogen) atoms. The second-order valence-corrected chi connectivity index (χ2v) is 3.53. The van der Waals surface area contributed by atoms with Gasteiger partial charge < -0.3 is 4.74 Å². The van der Waals surface area contributed by atoms with Crippen molar-refractivity contribution >= 4 is 0 Å². The Labute approximate surface area is 98.9 Å². The summed E-state index contributed by atoms with van der Waals surface area (Å²) in [4.78, 5) is 0. The van der Waals surface area contributed by atoms with Gasteiger partial charge in [-0.1, -0.05) is 30.3 Å². The molecule has 0 bridgehead atoms. The topological polar surface area (TPSA) is 33.0 Å². The van der Waals surface area contributed by atoms with Crippen LogP contribution in [0.15, 0.2) is 48.5 Å². The van der Waals surface area contributed by atoms with Crippen molar-refractivity contribution in [1.82, 2.24) is 0 Å². The average molecular weight is 227 g/mol. The smallest absolute Gasteiger partial charge is 0.166 e. The molecule has 0 aliphatic rings. The van der Waals surface area contributed by atoms with Crippen molar-refractivity contribution in [2.45, 2.75) is 6.61 Å². The number of benzene rings is 2. The lowest BCUT2D eigenvalue weighted by atomic mass is 10.2. The van der Waals surface area contributed by atoms with E-state index in [1.807, 2.05) is 36.4 Å². The lowest BCUT2D eigenvalue weighted by Gasteiger charge is -2.07. The number of nitrogens with zero attached hydrogens (tertiary/aromatic N) is 1. The van der Waals surface area contributed by atoms with E-state index in [2.05, 4.69) is 0 Å². The van der Waals surface area contributed by atoms with Crippen molar-refractivity contribution < 1.29 is 9.13 Å². The molecule has 0 saturated heterocycles. The van der Waals surface area contributed by atoms with Gasteiger partial charge in [0.2, 0.25) is 0 Å². The molecule has 0 saturated carbocycles. The quantitative estimate of drug-likeness (QED) is 0.806. The molecule has 2 aromatic rings. The Morgan fingerprint density at radius 1 is 1.12 bits per heavy atom. The summed E-state index contributed by atoms with van der Waals surface area (Å²) in [5.74, 6) is -0.354. The van der Waals surface area contributed by atoms with Gasteiger partial charge in [-0.3, -0.25) is 0 Å². The SMILES string of the molecule is N#Cc1ccc(OCc2ccccc2)c(F)c1. The van der Waals surface area contributed by atoms with Crippen molar-refractivity contribution in [2.24, 2.45) is 0 Å². The van der Waals surface area contributed by atoms with Crippen LogP contribution in [0.3, 0.4) is 0 Å². The summed E-state index contributed by atoms with van der Waals surface area (Å²) >= 11 is 0. The largest absolute Gasteiger partial charge is 0.486 e. The minimum Gasteiger partial charge on any atom is -0.486 e. The second-order valence-electron chi connectivity index (χ2n) is 3.53. The van der Waals surface area contributed by atoms with E-state index >= 15 is 0 Å². The van der Waals surface area contributed by atoms with Crippen LogP contribution in [0.2, 0.25) is 0 Å². The number of ether oxygens (including phenoxy) is 1. The van der Waals surface area contributed by atoms with Crippen molar-refractivity contribution in [3.8, 4) is 11.8 Å². The Kier molecular flexibility index (Phi) is 3.37. The minimum absolute atomic E-state index is 0.160. The van der Waals surface area contributed by atoms with Crippen molar-refractivity contribution in [2.75, 3.05) is 0 Å². The van der Waals surface area contributed by atoms with E-state index in [4.69, 9.17) is 10.00 Å². The molecule has 2 aromatic carbocycles. The molecule has 3 heteroatoms. The van der Waals surface area contributed by atoms with Crippen molar-refractivity contribution in [3.63, 3.8) is 0 Å². The van der Waals surface area contributed by atoms with Crippen LogP contribution < -0.4 is 4.74 Å². The van der Waals surface area contributed by atoms with E-state index in [1.54, 1.807) is 0 Å². The van der Waals surface area contributed by atoms with Gasteiger partial charge in [-0.05, 0) is 23.8 Å². The highest BCUT2D eigenvalue weighted by Crippen LogP contribution is 2.19. The fourth-order valence-electron chi connectivity index (χ4n) is 1.42. The van der Waals surface area contributed by atoms with Gasteiger partial charge in [0.1, 0.15) is 6.61 Å². The van der Waals surface area contributed by atoms with Gasteiger partial charge in [-0.15, -0.1) is 0 Å². The van der Waals surface area contributed by atoms with E-state index in [9.17, 15) is 4.39 Å². The maximum absolute atomic E-state index is 13.5. The fraction of sp³-hybridized carbons (Fsp3) is 0.0714. The first kappa shape index (κ1) is 11.2. The van der Waals surface area contributed by atoms with E-state index in [0.717, 1.165) is 5.56 Å². The molecule has 0 N–H and O–H groups in total. The van der Waals surface area contributed by atoms with Crippen LogP contribution in [-0.2, 0) is 6.61 Å². The number of hydrogen-bond acceptors (Lipinski definition) is 2. The molecular weight excluding hydrogens is 217 g/mol. The molecule has 0 unspecified atom stereocenters. The highest BCUT2D eigenvalue weighted by molar-refractivity contribution is 5.36. The highest BCUT2D eigenvalue weighted by atomic mass is 19.1. The molecule has 0 aromatic heterocycles. The lowest BCUT2D eigenvalue weighted by Crippen LogP contribution is -1.97. The van der Waals surface area contributed by atoms with Crippen molar-refractivity contribution in [3.05, 3.63) is 65.5 Å².